The minimum Gasteiger partial charge on any atom is -0.374 e. The molecule has 3 heteroatoms. The third-order valence-corrected chi connectivity index (χ3v) is 4.17. The summed E-state index contributed by atoms with van der Waals surface area (Å²) in [6.45, 7) is 2.08. The monoisotopic (exact) mass is 297 g/mol. The first kappa shape index (κ1) is 14.2. The Bertz CT molecular complexity index is 647. The molecule has 1 aliphatic heterocycles. The summed E-state index contributed by atoms with van der Waals surface area (Å²) in [5, 5.41) is 0. The van der Waals surface area contributed by atoms with Gasteiger partial charge in [0.15, 0.2) is 18.9 Å². The van der Waals surface area contributed by atoms with Crippen molar-refractivity contribution in [3.63, 3.8) is 0 Å². The Balaban J connectivity index is 1.74. The maximum Gasteiger partial charge on any atom is 0.169 e. The van der Waals surface area contributed by atoms with Crippen LogP contribution >= 0.6 is 12.6 Å². The van der Waals surface area contributed by atoms with E-state index in [9.17, 15) is 0 Å². The topological polar surface area (TPSA) is 7.12 Å². The van der Waals surface area contributed by atoms with Gasteiger partial charge in [0, 0.05) is 37.2 Å². The van der Waals surface area contributed by atoms with Crippen molar-refractivity contribution in [2.75, 3.05) is 24.2 Å². The molecule has 0 fully saturated rings. The van der Waals surface area contributed by atoms with Crippen LogP contribution in [0.2, 0.25) is 0 Å². The molecule has 0 spiro atoms. The Morgan fingerprint density at radius 2 is 1.90 bits per heavy atom. The summed E-state index contributed by atoms with van der Waals surface area (Å²) in [7, 11) is 2.16. The van der Waals surface area contributed by atoms with Crippen molar-refractivity contribution in [2.24, 2.45) is 0 Å². The molecule has 0 saturated heterocycles. The van der Waals surface area contributed by atoms with Crippen LogP contribution in [-0.2, 0) is 13.0 Å². The third kappa shape index (κ3) is 3.30. The number of thiol groups is 1. The first-order chi connectivity index (χ1) is 10.3. The number of rotatable bonds is 4. The molecule has 2 heterocycles. The van der Waals surface area contributed by atoms with Crippen LogP contribution in [-0.4, -0.2) is 19.3 Å². The second-order valence-corrected chi connectivity index (χ2v) is 5.93. The maximum absolute atomic E-state index is 4.25. The lowest BCUT2D eigenvalue weighted by Gasteiger charge is -2.11. The minimum absolute atomic E-state index is 0.865. The number of fused-ring (bicyclic) bond motifs is 1. The molecule has 0 N–H and O–H groups in total. The van der Waals surface area contributed by atoms with Gasteiger partial charge in [-0.2, -0.15) is 12.6 Å². The number of likely N-dealkylation sites (N-methyl/N-ethyl adjacent to an activating group) is 1. The molecule has 0 amide bonds. The number of pyridine rings is 1. The Labute approximate surface area is 132 Å². The molecule has 0 radical (unpaired) electrons. The Morgan fingerprint density at radius 3 is 2.67 bits per heavy atom. The summed E-state index contributed by atoms with van der Waals surface area (Å²) in [5.41, 5.74) is 5.33. The average Bonchev–Trinajstić information content (AvgIpc) is 2.88. The fourth-order valence-corrected chi connectivity index (χ4v) is 2.96. The highest BCUT2D eigenvalue weighted by molar-refractivity contribution is 7.80. The molecule has 0 unspecified atom stereocenters. The van der Waals surface area contributed by atoms with E-state index in [2.05, 4.69) is 84.0 Å². The molecule has 2 nitrogen and oxygen atoms in total. The number of aryl methyl sites for hydroxylation is 1. The van der Waals surface area contributed by atoms with Crippen molar-refractivity contribution < 1.29 is 4.57 Å². The van der Waals surface area contributed by atoms with Crippen LogP contribution < -0.4 is 9.47 Å². The summed E-state index contributed by atoms with van der Waals surface area (Å²) in [4.78, 5) is 2.32. The Morgan fingerprint density at radius 1 is 1.14 bits per heavy atom. The number of hydrogen-bond donors (Lipinski definition) is 1. The molecule has 1 aliphatic rings. The van der Waals surface area contributed by atoms with Crippen molar-refractivity contribution in [3.8, 4) is 0 Å². The molecule has 21 heavy (non-hydrogen) atoms. The highest BCUT2D eigenvalue weighted by Crippen LogP contribution is 2.27. The van der Waals surface area contributed by atoms with Crippen molar-refractivity contribution in [2.45, 2.75) is 13.0 Å². The van der Waals surface area contributed by atoms with Crippen LogP contribution in [0.3, 0.4) is 0 Å². The predicted octanol–water partition coefficient (Wildman–Crippen LogP) is 3.07. The van der Waals surface area contributed by atoms with Crippen molar-refractivity contribution >= 4 is 30.5 Å². The molecule has 1 aromatic heterocycles. The standard InChI is InChI=1S/C18H20N2S/c1-19-9-8-17-14-16(4-5-18(17)19)3-2-15-6-10-20(11-7-15)12-13-21/h2-7,10-11,14H,8-9,12-13H2,1H3/p+1. The van der Waals surface area contributed by atoms with Gasteiger partial charge < -0.3 is 4.90 Å². The summed E-state index contributed by atoms with van der Waals surface area (Å²) >= 11 is 4.25. The van der Waals surface area contributed by atoms with Gasteiger partial charge in [-0.05, 0) is 35.2 Å². The maximum atomic E-state index is 4.25. The van der Waals surface area contributed by atoms with E-state index in [1.54, 1.807) is 0 Å². The van der Waals surface area contributed by atoms with Gasteiger partial charge in [-0.15, -0.1) is 0 Å². The van der Waals surface area contributed by atoms with Gasteiger partial charge >= 0.3 is 0 Å². The highest BCUT2D eigenvalue weighted by Gasteiger charge is 2.14. The minimum atomic E-state index is 0.865. The van der Waals surface area contributed by atoms with Crippen LogP contribution in [0, 0.1) is 0 Å². The van der Waals surface area contributed by atoms with Crippen LogP contribution in [0.25, 0.3) is 12.2 Å². The van der Waals surface area contributed by atoms with Crippen molar-refractivity contribution in [1.29, 1.82) is 0 Å². The second-order valence-electron chi connectivity index (χ2n) is 5.49. The number of aromatic nitrogens is 1. The zero-order valence-electron chi connectivity index (χ0n) is 12.4. The van der Waals surface area contributed by atoms with Gasteiger partial charge in [0.2, 0.25) is 0 Å². The van der Waals surface area contributed by atoms with Gasteiger partial charge in [-0.3, -0.25) is 0 Å². The number of nitrogens with zero attached hydrogens (tertiary/aromatic N) is 2. The van der Waals surface area contributed by atoms with E-state index >= 15 is 0 Å². The van der Waals surface area contributed by atoms with Gasteiger partial charge in [-0.25, -0.2) is 4.57 Å². The Hall–Kier alpha value is -1.74. The largest absolute Gasteiger partial charge is 0.374 e. The molecule has 0 atom stereocenters. The van der Waals surface area contributed by atoms with E-state index in [4.69, 9.17) is 0 Å². The van der Waals surface area contributed by atoms with Gasteiger partial charge in [0.1, 0.15) is 0 Å². The molecule has 0 bridgehead atoms. The summed E-state index contributed by atoms with van der Waals surface area (Å²) in [5.74, 6) is 0.865. The van der Waals surface area contributed by atoms with Gasteiger partial charge in [0.25, 0.3) is 0 Å². The summed E-state index contributed by atoms with van der Waals surface area (Å²) < 4.78 is 2.15. The lowest BCUT2D eigenvalue weighted by molar-refractivity contribution is -0.692. The van der Waals surface area contributed by atoms with Gasteiger partial charge in [-0.1, -0.05) is 18.2 Å². The van der Waals surface area contributed by atoms with Crippen molar-refractivity contribution in [3.05, 3.63) is 59.4 Å². The number of benzene rings is 1. The van der Waals surface area contributed by atoms with Crippen LogP contribution in [0.1, 0.15) is 16.7 Å². The van der Waals surface area contributed by atoms with Crippen molar-refractivity contribution in [1.82, 2.24) is 0 Å². The fourth-order valence-electron chi connectivity index (χ4n) is 2.73. The summed E-state index contributed by atoms with van der Waals surface area (Å²) in [6.07, 6.45) is 9.73. The highest BCUT2D eigenvalue weighted by atomic mass is 32.1. The van der Waals surface area contributed by atoms with E-state index in [0.29, 0.717) is 0 Å². The van der Waals surface area contributed by atoms with Crippen LogP contribution in [0.15, 0.2) is 42.7 Å². The third-order valence-electron chi connectivity index (χ3n) is 3.97. The smallest absolute Gasteiger partial charge is 0.169 e. The van der Waals surface area contributed by atoms with E-state index < -0.39 is 0 Å². The molecule has 0 saturated carbocycles. The first-order valence-corrected chi connectivity index (χ1v) is 8.01. The van der Waals surface area contributed by atoms with E-state index in [0.717, 1.165) is 25.3 Å². The molecule has 0 aliphatic carbocycles. The van der Waals surface area contributed by atoms with Crippen LogP contribution in [0.5, 0.6) is 0 Å². The molecule has 108 valence electrons. The lowest BCUT2D eigenvalue weighted by atomic mass is 10.1. The normalized spacial score (nSPS) is 13.9. The quantitative estimate of drug-likeness (QED) is 0.673. The van der Waals surface area contributed by atoms with E-state index in [-0.39, 0.29) is 0 Å². The zero-order valence-corrected chi connectivity index (χ0v) is 13.3. The SMILES string of the molecule is CN1CCc2cc(/C=C/c3cc[n+](CCS)cc3)ccc21. The number of anilines is 1. The van der Waals surface area contributed by atoms with E-state index in [1.165, 1.54) is 22.4 Å². The molecular formula is C18H21N2S+. The first-order valence-electron chi connectivity index (χ1n) is 7.38. The fraction of sp³-hybridized carbons (Fsp3) is 0.278. The van der Waals surface area contributed by atoms with Crippen LogP contribution in [0.4, 0.5) is 5.69 Å². The second kappa shape index (κ2) is 6.35. The average molecular weight is 297 g/mol. The van der Waals surface area contributed by atoms with Gasteiger partial charge in [0.05, 0.1) is 0 Å². The molecule has 2 aromatic rings. The molecular weight excluding hydrogens is 276 g/mol. The van der Waals surface area contributed by atoms with E-state index in [1.807, 2.05) is 0 Å². The lowest BCUT2D eigenvalue weighted by Crippen LogP contribution is -2.33. The molecule has 3 rings (SSSR count). The number of hydrogen-bond acceptors (Lipinski definition) is 2. The Kier molecular flexibility index (Phi) is 4.30. The molecule has 1 aromatic carbocycles. The zero-order chi connectivity index (χ0) is 14.7. The predicted molar refractivity (Wildman–Crippen MR) is 92.8 cm³/mol. The summed E-state index contributed by atoms with van der Waals surface area (Å²) in [6, 6.07) is 11.0.